The molecule has 0 bridgehead atoms. The minimum atomic E-state index is -0.428. The molecule has 3 heteroatoms. The van der Waals surface area contributed by atoms with Gasteiger partial charge in [0.2, 0.25) is 0 Å². The molecule has 0 fully saturated rings. The molecule has 1 nitrogen and oxygen atoms in total. The summed E-state index contributed by atoms with van der Waals surface area (Å²) >= 11 is 0. The van der Waals surface area contributed by atoms with E-state index in [0.29, 0.717) is 0 Å². The van der Waals surface area contributed by atoms with Crippen molar-refractivity contribution in [3.05, 3.63) is 24.0 Å². The molecule has 0 aliphatic heterocycles. The predicted molar refractivity (Wildman–Crippen MR) is 25.5 cm³/mol. The number of aromatic nitrogens is 1. The standard InChI is InChI=1S/C4H3BFN/c6-4-2-1-3-5-7-4/h1-3H. The summed E-state index contributed by atoms with van der Waals surface area (Å²) in [6, 6.07) is 2.91. The van der Waals surface area contributed by atoms with Crippen LogP contribution >= 0.6 is 0 Å². The number of hydrogen-bond acceptors (Lipinski definition) is 1. The van der Waals surface area contributed by atoms with Gasteiger partial charge >= 0.3 is 40.4 Å². The van der Waals surface area contributed by atoms with Crippen molar-refractivity contribution in [3.63, 3.8) is 0 Å². The quantitative estimate of drug-likeness (QED) is 0.458. The molecule has 1 aromatic heterocycles. The van der Waals surface area contributed by atoms with Gasteiger partial charge in [-0.05, 0) is 0 Å². The molecule has 0 spiro atoms. The summed E-state index contributed by atoms with van der Waals surface area (Å²) in [6.45, 7) is 0. The minimum absolute atomic E-state index is 0.428. The first-order valence-electron chi connectivity index (χ1n) is 1.96. The molecule has 34 valence electrons. The number of halogens is 1. The van der Waals surface area contributed by atoms with Crippen LogP contribution in [0.4, 0.5) is 4.39 Å². The average molecular weight is 94.9 g/mol. The Morgan fingerprint density at radius 3 is 2.86 bits per heavy atom. The Balaban J connectivity index is 3.02. The van der Waals surface area contributed by atoms with Gasteiger partial charge in [-0.15, -0.1) is 0 Å². The van der Waals surface area contributed by atoms with E-state index in [0.717, 1.165) is 0 Å². The predicted octanol–water partition coefficient (Wildman–Crippen LogP) is 0.559. The summed E-state index contributed by atoms with van der Waals surface area (Å²) in [5.41, 5.74) is 0. The van der Waals surface area contributed by atoms with E-state index < -0.39 is 5.95 Å². The fourth-order valence-corrected chi connectivity index (χ4v) is 0.342. The van der Waals surface area contributed by atoms with E-state index >= 15 is 0 Å². The summed E-state index contributed by atoms with van der Waals surface area (Å²) in [5.74, 6) is 1.24. The molecule has 0 aromatic carbocycles. The molecule has 1 rings (SSSR count). The maximum absolute atomic E-state index is 11.8. The molecule has 0 saturated carbocycles. The van der Waals surface area contributed by atoms with Gasteiger partial charge in [-0.3, -0.25) is 0 Å². The van der Waals surface area contributed by atoms with Crippen molar-refractivity contribution in [2.75, 3.05) is 0 Å². The van der Waals surface area contributed by atoms with E-state index in [4.69, 9.17) is 0 Å². The topological polar surface area (TPSA) is 12.9 Å². The molecule has 1 heterocycles. The third-order valence-electron chi connectivity index (χ3n) is 0.629. The van der Waals surface area contributed by atoms with Crippen LogP contribution in [-0.2, 0) is 0 Å². The summed E-state index contributed by atoms with van der Waals surface area (Å²) in [4.78, 5) is 3.31. The van der Waals surface area contributed by atoms with E-state index in [1.165, 1.54) is 13.1 Å². The maximum atomic E-state index is 11.8. The molecule has 0 saturated heterocycles. The van der Waals surface area contributed by atoms with Crippen molar-refractivity contribution in [1.82, 2.24) is 4.89 Å². The van der Waals surface area contributed by atoms with Gasteiger partial charge in [0.15, 0.2) is 0 Å². The number of hydrogen-bond donors (Lipinski definition) is 0. The van der Waals surface area contributed by atoms with E-state index in [1.807, 2.05) is 0 Å². The second-order valence-electron chi connectivity index (χ2n) is 1.15. The van der Waals surface area contributed by atoms with Crippen molar-refractivity contribution in [2.24, 2.45) is 0 Å². The van der Waals surface area contributed by atoms with Crippen LogP contribution in [0, 0.1) is 5.95 Å². The third kappa shape index (κ3) is 1.07. The van der Waals surface area contributed by atoms with Gasteiger partial charge in [0.05, 0.1) is 0 Å². The Bertz CT molecular complexity index is 142. The van der Waals surface area contributed by atoms with Gasteiger partial charge in [0, 0.05) is 0 Å². The average Bonchev–Trinajstić information content (AvgIpc) is 1.69. The number of rotatable bonds is 0. The molecule has 0 aliphatic rings. The van der Waals surface area contributed by atoms with Gasteiger partial charge in [-0.1, -0.05) is 0 Å². The zero-order valence-electron chi connectivity index (χ0n) is 3.63. The van der Waals surface area contributed by atoms with Crippen molar-refractivity contribution < 1.29 is 4.39 Å². The van der Waals surface area contributed by atoms with E-state index in [2.05, 4.69) is 4.89 Å². The first-order chi connectivity index (χ1) is 3.39. The zero-order valence-corrected chi connectivity index (χ0v) is 3.63. The van der Waals surface area contributed by atoms with Gasteiger partial charge in [0.1, 0.15) is 0 Å². The van der Waals surface area contributed by atoms with Gasteiger partial charge in [-0.2, -0.15) is 0 Å². The second kappa shape index (κ2) is 1.82. The van der Waals surface area contributed by atoms with Crippen LogP contribution in [0.1, 0.15) is 0 Å². The SMILES string of the molecule is Fc1cccbn1. The van der Waals surface area contributed by atoms with Crippen molar-refractivity contribution in [1.29, 1.82) is 0 Å². The van der Waals surface area contributed by atoms with Crippen LogP contribution in [-0.4, -0.2) is 11.9 Å². The first kappa shape index (κ1) is 4.43. The molecule has 0 N–H and O–H groups in total. The molecule has 0 unspecified atom stereocenters. The van der Waals surface area contributed by atoms with Crippen LogP contribution in [0.3, 0.4) is 0 Å². The van der Waals surface area contributed by atoms with Crippen LogP contribution < -0.4 is 0 Å². The zero-order chi connectivity index (χ0) is 5.11. The van der Waals surface area contributed by atoms with Crippen molar-refractivity contribution >= 4 is 7.05 Å². The molecule has 0 radical (unpaired) electrons. The third-order valence-corrected chi connectivity index (χ3v) is 0.629. The van der Waals surface area contributed by atoms with E-state index in [-0.39, 0.29) is 0 Å². The van der Waals surface area contributed by atoms with Gasteiger partial charge < -0.3 is 0 Å². The van der Waals surface area contributed by atoms with Crippen LogP contribution in [0.5, 0.6) is 0 Å². The molecule has 7 heavy (non-hydrogen) atoms. The molecule has 0 atom stereocenters. The van der Waals surface area contributed by atoms with E-state index in [1.54, 1.807) is 12.0 Å². The summed E-state index contributed by atoms with van der Waals surface area (Å²) < 4.78 is 11.8. The van der Waals surface area contributed by atoms with Crippen molar-refractivity contribution in [2.45, 2.75) is 0 Å². The van der Waals surface area contributed by atoms with Crippen LogP contribution in [0.2, 0.25) is 0 Å². The molecular formula is C4H3BFN. The Hall–Kier alpha value is -0.725. The first-order valence-corrected chi connectivity index (χ1v) is 1.96. The molecule has 1 aromatic rings. The van der Waals surface area contributed by atoms with Gasteiger partial charge in [-0.25, -0.2) is 0 Å². The monoisotopic (exact) mass is 95.0 g/mol. The summed E-state index contributed by atoms with van der Waals surface area (Å²) in [5, 5.41) is 0. The van der Waals surface area contributed by atoms with Crippen molar-refractivity contribution in [3.8, 4) is 0 Å². The molecule has 0 amide bonds. The van der Waals surface area contributed by atoms with E-state index in [9.17, 15) is 4.39 Å². The number of nitrogens with zero attached hydrogens (tertiary/aromatic N) is 1. The second-order valence-corrected chi connectivity index (χ2v) is 1.15. The fourth-order valence-electron chi connectivity index (χ4n) is 0.342. The summed E-state index contributed by atoms with van der Waals surface area (Å²) in [7, 11) is 1.41. The van der Waals surface area contributed by atoms with Crippen LogP contribution in [0.25, 0.3) is 0 Å². The Labute approximate surface area is 41.4 Å². The fraction of sp³-hybridized carbons (Fsp3) is 0. The van der Waals surface area contributed by atoms with Crippen LogP contribution in [0.15, 0.2) is 18.1 Å². The Morgan fingerprint density at radius 1 is 1.71 bits per heavy atom. The summed E-state index contributed by atoms with van der Waals surface area (Å²) in [6.07, 6.45) is 0. The van der Waals surface area contributed by atoms with Gasteiger partial charge in [0.25, 0.3) is 0 Å². The molecule has 0 aliphatic carbocycles. The Morgan fingerprint density at radius 2 is 2.57 bits per heavy atom. The normalized spacial score (nSPS) is 8.14. The molecular weight excluding hydrogens is 91.9 g/mol. The Kier molecular flexibility index (Phi) is 1.15.